The largest absolute Gasteiger partial charge is 0.381 e. The van der Waals surface area contributed by atoms with Crippen LogP contribution in [-0.2, 0) is 4.74 Å². The Labute approximate surface area is 93.0 Å². The lowest BCUT2D eigenvalue weighted by molar-refractivity contribution is -0.0391. The first-order valence-corrected chi connectivity index (χ1v) is 6.38. The van der Waals surface area contributed by atoms with E-state index in [1.54, 1.807) is 0 Å². The van der Waals surface area contributed by atoms with Crippen LogP contribution < -0.4 is 5.73 Å². The lowest BCUT2D eigenvalue weighted by Crippen LogP contribution is -2.36. The Morgan fingerprint density at radius 1 is 1.20 bits per heavy atom. The summed E-state index contributed by atoms with van der Waals surface area (Å²) in [7, 11) is 0. The zero-order valence-corrected chi connectivity index (χ0v) is 9.66. The standard InChI is InChI=1S/C12H24N2O/c13-7-11-3-1-2-5-14(8-11)6-4-12-9-15-10-12/h11-12H,1-10,13H2. The van der Waals surface area contributed by atoms with Gasteiger partial charge in [0, 0.05) is 12.5 Å². The molecule has 1 atom stereocenters. The molecule has 0 aliphatic carbocycles. The first kappa shape index (κ1) is 11.4. The van der Waals surface area contributed by atoms with E-state index < -0.39 is 0 Å². The molecule has 2 aliphatic heterocycles. The van der Waals surface area contributed by atoms with Crippen LogP contribution in [0, 0.1) is 11.8 Å². The maximum Gasteiger partial charge on any atom is 0.0516 e. The third kappa shape index (κ3) is 3.44. The lowest BCUT2D eigenvalue weighted by atomic mass is 10.0. The Morgan fingerprint density at radius 3 is 2.73 bits per heavy atom. The number of ether oxygens (including phenoxy) is 1. The minimum atomic E-state index is 0.741. The van der Waals surface area contributed by atoms with Crippen molar-refractivity contribution < 1.29 is 4.74 Å². The first-order chi connectivity index (χ1) is 7.38. The van der Waals surface area contributed by atoms with Crippen molar-refractivity contribution in [1.82, 2.24) is 4.90 Å². The molecule has 3 heteroatoms. The Balaban J connectivity index is 1.69. The smallest absolute Gasteiger partial charge is 0.0516 e. The molecule has 3 nitrogen and oxygen atoms in total. The van der Waals surface area contributed by atoms with Gasteiger partial charge in [0.15, 0.2) is 0 Å². The number of hydrogen-bond acceptors (Lipinski definition) is 3. The molecule has 2 rings (SSSR count). The molecular weight excluding hydrogens is 188 g/mol. The quantitative estimate of drug-likeness (QED) is 0.758. The Kier molecular flexibility index (Phi) is 4.42. The van der Waals surface area contributed by atoms with Crippen molar-refractivity contribution in [3.05, 3.63) is 0 Å². The molecule has 88 valence electrons. The number of rotatable bonds is 4. The summed E-state index contributed by atoms with van der Waals surface area (Å²) in [5.41, 5.74) is 5.78. The Hall–Kier alpha value is -0.120. The van der Waals surface area contributed by atoms with Crippen molar-refractivity contribution in [3.8, 4) is 0 Å². The van der Waals surface area contributed by atoms with Crippen molar-refractivity contribution >= 4 is 0 Å². The molecule has 15 heavy (non-hydrogen) atoms. The molecule has 0 saturated carbocycles. The van der Waals surface area contributed by atoms with Crippen LogP contribution in [0.5, 0.6) is 0 Å². The second-order valence-electron chi connectivity index (χ2n) is 5.09. The molecule has 0 radical (unpaired) electrons. The van der Waals surface area contributed by atoms with Gasteiger partial charge in [0.05, 0.1) is 13.2 Å². The molecule has 2 N–H and O–H groups in total. The molecule has 2 heterocycles. The molecule has 2 aliphatic rings. The van der Waals surface area contributed by atoms with Gasteiger partial charge in [0.25, 0.3) is 0 Å². The normalized spacial score (nSPS) is 29.8. The summed E-state index contributed by atoms with van der Waals surface area (Å²) in [6.07, 6.45) is 5.37. The Morgan fingerprint density at radius 2 is 2.07 bits per heavy atom. The number of hydrogen-bond donors (Lipinski definition) is 1. The van der Waals surface area contributed by atoms with Crippen molar-refractivity contribution in [1.29, 1.82) is 0 Å². The SMILES string of the molecule is NCC1CCCCN(CCC2COC2)C1. The van der Waals surface area contributed by atoms with Crippen LogP contribution in [-0.4, -0.2) is 44.3 Å². The molecular formula is C12H24N2O. The predicted octanol–water partition coefficient (Wildman–Crippen LogP) is 1.08. The minimum absolute atomic E-state index is 0.741. The molecule has 0 aromatic carbocycles. The van der Waals surface area contributed by atoms with Gasteiger partial charge in [-0.05, 0) is 44.8 Å². The molecule has 0 amide bonds. The van der Waals surface area contributed by atoms with E-state index in [1.165, 1.54) is 45.3 Å². The summed E-state index contributed by atoms with van der Waals surface area (Å²) in [4.78, 5) is 2.61. The fraction of sp³-hybridized carbons (Fsp3) is 1.00. The third-order valence-corrected chi connectivity index (χ3v) is 3.75. The second kappa shape index (κ2) is 5.83. The van der Waals surface area contributed by atoms with Crippen LogP contribution in [0.2, 0.25) is 0 Å². The van der Waals surface area contributed by atoms with Gasteiger partial charge in [-0.15, -0.1) is 0 Å². The van der Waals surface area contributed by atoms with E-state index >= 15 is 0 Å². The van der Waals surface area contributed by atoms with Gasteiger partial charge < -0.3 is 15.4 Å². The van der Waals surface area contributed by atoms with Crippen LogP contribution in [0.25, 0.3) is 0 Å². The van der Waals surface area contributed by atoms with E-state index in [2.05, 4.69) is 4.90 Å². The topological polar surface area (TPSA) is 38.5 Å². The number of nitrogens with two attached hydrogens (primary N) is 1. The van der Waals surface area contributed by atoms with Gasteiger partial charge in [0.1, 0.15) is 0 Å². The maximum atomic E-state index is 5.78. The van der Waals surface area contributed by atoms with Gasteiger partial charge in [-0.3, -0.25) is 0 Å². The molecule has 0 aromatic rings. The summed E-state index contributed by atoms with van der Waals surface area (Å²) in [6.45, 7) is 6.62. The van der Waals surface area contributed by atoms with Gasteiger partial charge in [0.2, 0.25) is 0 Å². The summed E-state index contributed by atoms with van der Waals surface area (Å²) in [6, 6.07) is 0. The highest BCUT2D eigenvalue weighted by molar-refractivity contribution is 4.74. The third-order valence-electron chi connectivity index (χ3n) is 3.75. The minimum Gasteiger partial charge on any atom is -0.381 e. The second-order valence-corrected chi connectivity index (χ2v) is 5.09. The molecule has 0 aromatic heterocycles. The first-order valence-electron chi connectivity index (χ1n) is 6.38. The maximum absolute atomic E-state index is 5.78. The van der Waals surface area contributed by atoms with Crippen molar-refractivity contribution in [2.75, 3.05) is 39.4 Å². The van der Waals surface area contributed by atoms with E-state index in [1.807, 2.05) is 0 Å². The van der Waals surface area contributed by atoms with E-state index in [-0.39, 0.29) is 0 Å². The van der Waals surface area contributed by atoms with Crippen LogP contribution in [0.1, 0.15) is 25.7 Å². The number of likely N-dealkylation sites (tertiary alicyclic amines) is 1. The van der Waals surface area contributed by atoms with Crippen LogP contribution >= 0.6 is 0 Å². The number of nitrogens with zero attached hydrogens (tertiary/aromatic N) is 1. The van der Waals surface area contributed by atoms with Crippen LogP contribution in [0.15, 0.2) is 0 Å². The monoisotopic (exact) mass is 212 g/mol. The summed E-state index contributed by atoms with van der Waals surface area (Å²) in [5, 5.41) is 0. The highest BCUT2D eigenvalue weighted by Crippen LogP contribution is 2.19. The molecule has 2 fully saturated rings. The fourth-order valence-electron chi connectivity index (χ4n) is 2.53. The average Bonchev–Trinajstić information content (AvgIpc) is 2.40. The van der Waals surface area contributed by atoms with Gasteiger partial charge >= 0.3 is 0 Å². The van der Waals surface area contributed by atoms with Crippen LogP contribution in [0.4, 0.5) is 0 Å². The summed E-state index contributed by atoms with van der Waals surface area (Å²) < 4.78 is 5.20. The van der Waals surface area contributed by atoms with E-state index in [4.69, 9.17) is 10.5 Å². The van der Waals surface area contributed by atoms with Gasteiger partial charge in [-0.25, -0.2) is 0 Å². The fourth-order valence-corrected chi connectivity index (χ4v) is 2.53. The summed E-state index contributed by atoms with van der Waals surface area (Å²) >= 11 is 0. The van der Waals surface area contributed by atoms with Gasteiger partial charge in [-0.2, -0.15) is 0 Å². The van der Waals surface area contributed by atoms with E-state index in [0.29, 0.717) is 0 Å². The lowest BCUT2D eigenvalue weighted by Gasteiger charge is -2.30. The highest BCUT2D eigenvalue weighted by Gasteiger charge is 2.21. The highest BCUT2D eigenvalue weighted by atomic mass is 16.5. The van der Waals surface area contributed by atoms with Crippen molar-refractivity contribution in [2.45, 2.75) is 25.7 Å². The van der Waals surface area contributed by atoms with Crippen molar-refractivity contribution in [3.63, 3.8) is 0 Å². The Bertz CT molecular complexity index is 182. The zero-order valence-electron chi connectivity index (χ0n) is 9.66. The van der Waals surface area contributed by atoms with E-state index in [9.17, 15) is 0 Å². The predicted molar refractivity (Wildman–Crippen MR) is 61.8 cm³/mol. The molecule has 2 saturated heterocycles. The van der Waals surface area contributed by atoms with Crippen LogP contribution in [0.3, 0.4) is 0 Å². The zero-order chi connectivity index (χ0) is 10.5. The molecule has 0 spiro atoms. The average molecular weight is 212 g/mol. The summed E-state index contributed by atoms with van der Waals surface area (Å²) in [5.74, 6) is 1.58. The van der Waals surface area contributed by atoms with E-state index in [0.717, 1.165) is 31.6 Å². The van der Waals surface area contributed by atoms with Crippen molar-refractivity contribution in [2.24, 2.45) is 17.6 Å². The molecule has 1 unspecified atom stereocenters. The van der Waals surface area contributed by atoms with Gasteiger partial charge in [-0.1, -0.05) is 6.42 Å². The molecule has 0 bridgehead atoms.